The zero-order valence-electron chi connectivity index (χ0n) is 19.5. The third kappa shape index (κ3) is 5.16. The Kier molecular flexibility index (Phi) is 7.05. The number of nitro groups is 1. The van der Waals surface area contributed by atoms with Crippen LogP contribution in [0.5, 0.6) is 0 Å². The van der Waals surface area contributed by atoms with Crippen LogP contribution >= 0.6 is 0 Å². The van der Waals surface area contributed by atoms with Crippen molar-refractivity contribution in [3.05, 3.63) is 75.8 Å². The van der Waals surface area contributed by atoms with Gasteiger partial charge in [0.1, 0.15) is 0 Å². The second kappa shape index (κ2) is 10.2. The monoisotopic (exact) mass is 463 g/mol. The first-order chi connectivity index (χ1) is 16.4. The molecule has 0 amide bonds. The van der Waals surface area contributed by atoms with Crippen LogP contribution in [0, 0.1) is 10.1 Å². The highest BCUT2D eigenvalue weighted by atomic mass is 16.6. The summed E-state index contributed by atoms with van der Waals surface area (Å²) in [5.41, 5.74) is -0.0795. The van der Waals surface area contributed by atoms with Crippen LogP contribution in [0.1, 0.15) is 57.1 Å². The van der Waals surface area contributed by atoms with Gasteiger partial charge in [0.25, 0.3) is 5.69 Å². The normalized spacial score (nSPS) is 21.9. The van der Waals surface area contributed by atoms with E-state index in [1.54, 1.807) is 26.0 Å². The molecule has 1 heterocycles. The molecule has 0 N–H and O–H groups in total. The van der Waals surface area contributed by atoms with E-state index in [0.29, 0.717) is 11.5 Å². The van der Waals surface area contributed by atoms with E-state index in [1.807, 2.05) is 30.3 Å². The van der Waals surface area contributed by atoms with Gasteiger partial charge in [0.15, 0.2) is 0 Å². The van der Waals surface area contributed by atoms with Gasteiger partial charge in [0, 0.05) is 24.1 Å². The summed E-state index contributed by atoms with van der Waals surface area (Å²) in [4.78, 5) is 33.9. The van der Waals surface area contributed by atoms with Gasteiger partial charge >= 0.3 is 5.97 Å². The molecule has 0 spiro atoms. The Morgan fingerprint density at radius 2 is 1.82 bits per heavy atom. The maximum atomic E-state index is 13.6. The molecule has 0 saturated heterocycles. The predicted octanol–water partition coefficient (Wildman–Crippen LogP) is 5.04. The smallest absolute Gasteiger partial charge is 0.344 e. The fraction of sp³-hybridized carbons (Fsp3) is 0.423. The first-order valence-electron chi connectivity index (χ1n) is 11.7. The average Bonchev–Trinajstić information content (AvgIpc) is 3.19. The lowest BCUT2D eigenvalue weighted by Crippen LogP contribution is -2.47. The Morgan fingerprint density at radius 3 is 2.44 bits per heavy atom. The van der Waals surface area contributed by atoms with Gasteiger partial charge in [-0.15, -0.1) is 0 Å². The van der Waals surface area contributed by atoms with Crippen LogP contribution in [0.2, 0.25) is 0 Å². The summed E-state index contributed by atoms with van der Waals surface area (Å²) in [6.45, 7) is 3.57. The van der Waals surface area contributed by atoms with Crippen molar-refractivity contribution in [1.29, 1.82) is 0 Å². The van der Waals surface area contributed by atoms with Crippen molar-refractivity contribution in [1.82, 2.24) is 0 Å². The largest absolute Gasteiger partial charge is 0.461 e. The molecule has 1 atom stereocenters. The van der Waals surface area contributed by atoms with Gasteiger partial charge in [-0.2, -0.15) is 0 Å². The molecule has 0 radical (unpaired) electrons. The molecule has 1 fully saturated rings. The minimum absolute atomic E-state index is 0.0187. The number of benzene rings is 2. The first-order valence-corrected chi connectivity index (χ1v) is 11.7. The highest BCUT2D eigenvalue weighted by Crippen LogP contribution is 2.33. The van der Waals surface area contributed by atoms with E-state index >= 15 is 0 Å². The maximum absolute atomic E-state index is 13.6. The van der Waals surface area contributed by atoms with E-state index in [1.165, 1.54) is 18.6 Å². The SMILES string of the molecule is CC(C)OC(=O)[C@@]1(Cc2ccc([N+](=O)[O-])cc2)N=C(c2ccccc2)OC1=NC1CCCCC1. The molecule has 178 valence electrons. The Morgan fingerprint density at radius 1 is 1.15 bits per heavy atom. The molecule has 4 rings (SSSR count). The molecule has 1 saturated carbocycles. The number of ether oxygens (including phenoxy) is 2. The van der Waals surface area contributed by atoms with Crippen molar-refractivity contribution < 1.29 is 19.2 Å². The number of hydrogen-bond donors (Lipinski definition) is 0. The molecule has 2 aliphatic rings. The zero-order chi connectivity index (χ0) is 24.1. The van der Waals surface area contributed by atoms with E-state index in [9.17, 15) is 14.9 Å². The van der Waals surface area contributed by atoms with Crippen LogP contribution in [-0.4, -0.2) is 40.4 Å². The summed E-state index contributed by atoms with van der Waals surface area (Å²) in [7, 11) is 0. The van der Waals surface area contributed by atoms with E-state index in [4.69, 9.17) is 19.5 Å². The van der Waals surface area contributed by atoms with Gasteiger partial charge < -0.3 is 9.47 Å². The zero-order valence-corrected chi connectivity index (χ0v) is 19.5. The summed E-state index contributed by atoms with van der Waals surface area (Å²) < 4.78 is 11.9. The van der Waals surface area contributed by atoms with Crippen molar-refractivity contribution >= 4 is 23.5 Å². The molecule has 0 aromatic heterocycles. The summed E-state index contributed by atoms with van der Waals surface area (Å²) in [6.07, 6.45) is 4.98. The standard InChI is InChI=1S/C26H29N3O5/c1-18(2)33-25(30)26(17-19-13-15-22(16-14-19)29(31)32)24(27-21-11-7-4-8-12-21)34-23(28-26)20-9-5-3-6-10-20/h3,5-6,9-10,13-16,18,21H,4,7-8,11-12,17H2,1-2H3/t26-/m0/s1. The van der Waals surface area contributed by atoms with Gasteiger partial charge in [-0.1, -0.05) is 49.6 Å². The number of nitro benzene ring substituents is 1. The van der Waals surface area contributed by atoms with Gasteiger partial charge in [0.2, 0.25) is 17.3 Å². The third-order valence-electron chi connectivity index (χ3n) is 6.02. The number of carbonyl (C=O) groups excluding carboxylic acids is 1. The Bertz CT molecular complexity index is 1090. The van der Waals surface area contributed by atoms with Crippen molar-refractivity contribution in [2.24, 2.45) is 9.98 Å². The van der Waals surface area contributed by atoms with Crippen molar-refractivity contribution in [3.8, 4) is 0 Å². The topological polar surface area (TPSA) is 103 Å². The fourth-order valence-electron chi connectivity index (χ4n) is 4.30. The number of non-ortho nitro benzene ring substituents is 1. The van der Waals surface area contributed by atoms with Crippen molar-refractivity contribution in [3.63, 3.8) is 0 Å². The van der Waals surface area contributed by atoms with Crippen LogP contribution in [0.25, 0.3) is 0 Å². The van der Waals surface area contributed by atoms with Crippen LogP contribution in [0.15, 0.2) is 64.6 Å². The second-order valence-electron chi connectivity index (χ2n) is 9.03. The molecule has 8 heteroatoms. The highest BCUT2D eigenvalue weighted by Gasteiger charge is 2.53. The van der Waals surface area contributed by atoms with E-state index in [2.05, 4.69) is 0 Å². The van der Waals surface area contributed by atoms with E-state index in [-0.39, 0.29) is 30.2 Å². The lowest BCUT2D eigenvalue weighted by Gasteiger charge is -2.26. The molecule has 8 nitrogen and oxygen atoms in total. The van der Waals surface area contributed by atoms with Gasteiger partial charge in [-0.05, 0) is 44.4 Å². The molecule has 34 heavy (non-hydrogen) atoms. The van der Waals surface area contributed by atoms with Gasteiger partial charge in [0.05, 0.1) is 17.1 Å². The summed E-state index contributed by atoms with van der Waals surface area (Å²) in [5, 5.41) is 11.1. The second-order valence-corrected chi connectivity index (χ2v) is 9.03. The molecule has 1 aliphatic carbocycles. The minimum atomic E-state index is -1.50. The first kappa shape index (κ1) is 23.6. The summed E-state index contributed by atoms with van der Waals surface area (Å²) in [5.74, 6) is 0.0152. The molecule has 0 unspecified atom stereocenters. The Balaban J connectivity index is 1.80. The molecule has 0 bridgehead atoms. The molecular weight excluding hydrogens is 434 g/mol. The average molecular weight is 464 g/mol. The van der Waals surface area contributed by atoms with E-state index < -0.39 is 16.4 Å². The van der Waals surface area contributed by atoms with Gasteiger partial charge in [-0.25, -0.2) is 14.8 Å². The molecular formula is C26H29N3O5. The quantitative estimate of drug-likeness (QED) is 0.325. The third-order valence-corrected chi connectivity index (χ3v) is 6.02. The van der Waals surface area contributed by atoms with Crippen LogP contribution < -0.4 is 0 Å². The fourth-order valence-corrected chi connectivity index (χ4v) is 4.30. The predicted molar refractivity (Wildman–Crippen MR) is 129 cm³/mol. The summed E-state index contributed by atoms with van der Waals surface area (Å²) in [6, 6.07) is 15.6. The lowest BCUT2D eigenvalue weighted by atomic mass is 9.90. The summed E-state index contributed by atoms with van der Waals surface area (Å²) >= 11 is 0. The minimum Gasteiger partial charge on any atom is -0.461 e. The van der Waals surface area contributed by atoms with Crippen LogP contribution in [-0.2, 0) is 20.7 Å². The van der Waals surface area contributed by atoms with Crippen LogP contribution in [0.3, 0.4) is 0 Å². The number of aliphatic imine (C=N–C) groups is 2. The Labute approximate surface area is 198 Å². The van der Waals surface area contributed by atoms with E-state index in [0.717, 1.165) is 31.2 Å². The lowest BCUT2D eigenvalue weighted by molar-refractivity contribution is -0.384. The maximum Gasteiger partial charge on any atom is 0.344 e. The van der Waals surface area contributed by atoms with Gasteiger partial charge in [-0.3, -0.25) is 10.1 Å². The number of nitrogens with zero attached hydrogens (tertiary/aromatic N) is 3. The molecule has 2 aromatic carbocycles. The molecule has 2 aromatic rings. The Hall–Kier alpha value is -3.55. The van der Waals surface area contributed by atoms with Crippen molar-refractivity contribution in [2.45, 2.75) is 70.1 Å². The number of hydrogen-bond acceptors (Lipinski definition) is 7. The number of rotatable bonds is 7. The highest BCUT2D eigenvalue weighted by molar-refractivity contribution is 6.19. The number of carbonyl (C=O) groups is 1. The van der Waals surface area contributed by atoms with Crippen molar-refractivity contribution in [2.75, 3.05) is 0 Å². The number of esters is 1. The molecule has 1 aliphatic heterocycles. The van der Waals surface area contributed by atoms with Crippen LogP contribution in [0.4, 0.5) is 5.69 Å².